The number of hydrogen-bond donors (Lipinski definition) is 3. The zero-order valence-electron chi connectivity index (χ0n) is 12.1. The van der Waals surface area contributed by atoms with E-state index in [0.29, 0.717) is 5.11 Å². The first-order chi connectivity index (χ1) is 10.7. The van der Waals surface area contributed by atoms with Crippen molar-refractivity contribution in [2.45, 2.75) is 6.92 Å². The minimum Gasteiger partial charge on any atom is -0.358 e. The minimum atomic E-state index is 0.458. The van der Waals surface area contributed by atoms with Crippen LogP contribution in [0.3, 0.4) is 0 Å². The van der Waals surface area contributed by atoms with Crippen molar-refractivity contribution in [2.24, 2.45) is 5.10 Å². The molecule has 0 bridgehead atoms. The Hall–Kier alpha value is -2.66. The number of anilines is 1. The average Bonchev–Trinajstić information content (AvgIpc) is 2.84. The van der Waals surface area contributed by atoms with Crippen LogP contribution in [0.25, 0.3) is 10.9 Å². The number of benzene rings is 2. The monoisotopic (exact) mass is 308 g/mol. The van der Waals surface area contributed by atoms with E-state index in [2.05, 4.69) is 33.0 Å². The Morgan fingerprint density at radius 2 is 1.82 bits per heavy atom. The summed E-state index contributed by atoms with van der Waals surface area (Å²) in [7, 11) is 0. The standard InChI is InChI=1S/C17H16N4S/c1-12-15(14-9-5-6-10-16(14)19-12)11-18-21-17(22)20-13-7-3-2-4-8-13/h2-11,19H,1H3,(H2,20,21,22). The highest BCUT2D eigenvalue weighted by atomic mass is 32.1. The number of aryl methyl sites for hydroxylation is 1. The van der Waals surface area contributed by atoms with Gasteiger partial charge >= 0.3 is 0 Å². The van der Waals surface area contributed by atoms with Crippen LogP contribution >= 0.6 is 12.2 Å². The van der Waals surface area contributed by atoms with Gasteiger partial charge in [-0.3, -0.25) is 5.43 Å². The second kappa shape index (κ2) is 6.41. The topological polar surface area (TPSA) is 52.2 Å². The van der Waals surface area contributed by atoms with Crippen LogP contribution in [0.15, 0.2) is 59.7 Å². The molecule has 0 radical (unpaired) electrons. The molecule has 0 unspecified atom stereocenters. The summed E-state index contributed by atoms with van der Waals surface area (Å²) in [5.74, 6) is 0. The molecule has 0 spiro atoms. The summed E-state index contributed by atoms with van der Waals surface area (Å²) in [5, 5.41) is 8.90. The van der Waals surface area contributed by atoms with E-state index in [0.717, 1.165) is 27.8 Å². The van der Waals surface area contributed by atoms with Crippen molar-refractivity contribution in [1.82, 2.24) is 10.4 Å². The van der Waals surface area contributed by atoms with Gasteiger partial charge in [-0.1, -0.05) is 36.4 Å². The fourth-order valence-electron chi connectivity index (χ4n) is 2.30. The van der Waals surface area contributed by atoms with Gasteiger partial charge in [-0.25, -0.2) is 0 Å². The summed E-state index contributed by atoms with van der Waals surface area (Å²) in [6, 6.07) is 17.9. The number of fused-ring (bicyclic) bond motifs is 1. The van der Waals surface area contributed by atoms with Gasteiger partial charge in [0, 0.05) is 27.8 Å². The molecule has 0 aliphatic carbocycles. The number of hydrazone groups is 1. The number of rotatable bonds is 3. The molecule has 110 valence electrons. The Bertz CT molecular complexity index is 821. The summed E-state index contributed by atoms with van der Waals surface area (Å²) in [6.07, 6.45) is 1.78. The lowest BCUT2D eigenvalue weighted by Gasteiger charge is -2.06. The molecular formula is C17H16N4S. The van der Waals surface area contributed by atoms with Gasteiger partial charge < -0.3 is 10.3 Å². The van der Waals surface area contributed by atoms with Crippen molar-refractivity contribution >= 4 is 40.1 Å². The first-order valence-electron chi connectivity index (χ1n) is 6.96. The smallest absolute Gasteiger partial charge is 0.191 e. The maximum absolute atomic E-state index is 5.22. The average molecular weight is 308 g/mol. The Morgan fingerprint density at radius 3 is 2.64 bits per heavy atom. The van der Waals surface area contributed by atoms with E-state index in [1.165, 1.54) is 0 Å². The van der Waals surface area contributed by atoms with Crippen LogP contribution in [-0.2, 0) is 0 Å². The van der Waals surface area contributed by atoms with E-state index < -0.39 is 0 Å². The summed E-state index contributed by atoms with van der Waals surface area (Å²) in [6.45, 7) is 2.03. The number of para-hydroxylation sites is 2. The highest BCUT2D eigenvalue weighted by molar-refractivity contribution is 7.80. The largest absolute Gasteiger partial charge is 0.358 e. The van der Waals surface area contributed by atoms with Crippen molar-refractivity contribution in [1.29, 1.82) is 0 Å². The summed E-state index contributed by atoms with van der Waals surface area (Å²) in [4.78, 5) is 3.34. The zero-order chi connectivity index (χ0) is 15.4. The van der Waals surface area contributed by atoms with Gasteiger partial charge in [-0.2, -0.15) is 5.10 Å². The molecule has 0 fully saturated rings. The van der Waals surface area contributed by atoms with Crippen LogP contribution in [0.2, 0.25) is 0 Å². The molecule has 2 aromatic carbocycles. The van der Waals surface area contributed by atoms with E-state index in [1.54, 1.807) is 6.21 Å². The number of aromatic nitrogens is 1. The molecule has 0 saturated carbocycles. The minimum absolute atomic E-state index is 0.458. The molecule has 4 nitrogen and oxygen atoms in total. The third-order valence-electron chi connectivity index (χ3n) is 3.33. The number of aromatic amines is 1. The molecule has 5 heteroatoms. The summed E-state index contributed by atoms with van der Waals surface area (Å²) in [5.41, 5.74) is 7.01. The van der Waals surface area contributed by atoms with Crippen LogP contribution in [0, 0.1) is 6.92 Å². The predicted octanol–water partition coefficient (Wildman–Crippen LogP) is 3.80. The molecule has 0 amide bonds. The Morgan fingerprint density at radius 1 is 1.09 bits per heavy atom. The number of hydrogen-bond acceptors (Lipinski definition) is 2. The molecule has 0 atom stereocenters. The van der Waals surface area contributed by atoms with Crippen LogP contribution in [-0.4, -0.2) is 16.3 Å². The maximum Gasteiger partial charge on any atom is 0.191 e. The first kappa shape index (κ1) is 14.3. The maximum atomic E-state index is 5.22. The SMILES string of the molecule is Cc1[nH]c2ccccc2c1C=NNC(=S)Nc1ccccc1. The number of thiocarbonyl (C=S) groups is 1. The van der Waals surface area contributed by atoms with Gasteiger partial charge in [0.25, 0.3) is 0 Å². The van der Waals surface area contributed by atoms with Crippen LogP contribution in [0.5, 0.6) is 0 Å². The van der Waals surface area contributed by atoms with E-state index in [1.807, 2.05) is 49.4 Å². The van der Waals surface area contributed by atoms with E-state index >= 15 is 0 Å². The second-order valence-corrected chi connectivity index (χ2v) is 5.31. The Labute approximate surface area is 134 Å². The third kappa shape index (κ3) is 3.15. The van der Waals surface area contributed by atoms with Gasteiger partial charge in [0.1, 0.15) is 0 Å². The fourth-order valence-corrected chi connectivity index (χ4v) is 2.47. The van der Waals surface area contributed by atoms with Gasteiger partial charge in [-0.15, -0.1) is 0 Å². The zero-order valence-corrected chi connectivity index (χ0v) is 12.9. The Kier molecular flexibility index (Phi) is 4.16. The van der Waals surface area contributed by atoms with E-state index in [4.69, 9.17) is 12.2 Å². The first-order valence-corrected chi connectivity index (χ1v) is 7.37. The molecular weight excluding hydrogens is 292 g/mol. The fraction of sp³-hybridized carbons (Fsp3) is 0.0588. The van der Waals surface area contributed by atoms with E-state index in [9.17, 15) is 0 Å². The number of nitrogens with zero attached hydrogens (tertiary/aromatic N) is 1. The van der Waals surface area contributed by atoms with Crippen LogP contribution in [0.4, 0.5) is 5.69 Å². The van der Waals surface area contributed by atoms with Crippen molar-refractivity contribution in [3.05, 3.63) is 65.9 Å². The van der Waals surface area contributed by atoms with Gasteiger partial charge in [0.05, 0.1) is 6.21 Å². The molecule has 1 aromatic heterocycles. The molecule has 3 N–H and O–H groups in total. The number of H-pyrrole nitrogens is 1. The van der Waals surface area contributed by atoms with E-state index in [-0.39, 0.29) is 0 Å². The highest BCUT2D eigenvalue weighted by Crippen LogP contribution is 2.19. The van der Waals surface area contributed by atoms with Gasteiger partial charge in [0.2, 0.25) is 0 Å². The lowest BCUT2D eigenvalue weighted by Crippen LogP contribution is -2.23. The molecule has 3 aromatic rings. The van der Waals surface area contributed by atoms with Crippen molar-refractivity contribution < 1.29 is 0 Å². The van der Waals surface area contributed by atoms with Crippen molar-refractivity contribution in [3.8, 4) is 0 Å². The predicted molar refractivity (Wildman–Crippen MR) is 96.4 cm³/mol. The highest BCUT2D eigenvalue weighted by Gasteiger charge is 2.05. The molecule has 0 aliphatic rings. The van der Waals surface area contributed by atoms with Crippen molar-refractivity contribution in [3.63, 3.8) is 0 Å². The second-order valence-electron chi connectivity index (χ2n) is 4.90. The van der Waals surface area contributed by atoms with Gasteiger partial charge in [0.15, 0.2) is 5.11 Å². The molecule has 1 heterocycles. The Balaban J connectivity index is 1.69. The van der Waals surface area contributed by atoms with Gasteiger partial charge in [-0.05, 0) is 37.3 Å². The lowest BCUT2D eigenvalue weighted by atomic mass is 10.1. The lowest BCUT2D eigenvalue weighted by molar-refractivity contribution is 1.05. The third-order valence-corrected chi connectivity index (χ3v) is 3.53. The van der Waals surface area contributed by atoms with Crippen LogP contribution < -0.4 is 10.7 Å². The summed E-state index contributed by atoms with van der Waals surface area (Å²) >= 11 is 5.22. The quantitative estimate of drug-likeness (QED) is 0.392. The normalized spacial score (nSPS) is 11.0. The number of nitrogens with one attached hydrogen (secondary N) is 3. The molecule has 3 rings (SSSR count). The molecule has 0 aliphatic heterocycles. The summed E-state index contributed by atoms with van der Waals surface area (Å²) < 4.78 is 0. The van der Waals surface area contributed by atoms with Crippen molar-refractivity contribution in [2.75, 3.05) is 5.32 Å². The molecule has 0 saturated heterocycles. The molecule has 22 heavy (non-hydrogen) atoms. The van der Waals surface area contributed by atoms with Crippen LogP contribution in [0.1, 0.15) is 11.3 Å².